The molecule has 176 valence electrons. The van der Waals surface area contributed by atoms with Crippen LogP contribution in [-0.4, -0.2) is 35.2 Å². The normalized spacial score (nSPS) is 11.8. The van der Waals surface area contributed by atoms with Crippen LogP contribution in [0.5, 0.6) is 0 Å². The molecule has 0 unspecified atom stereocenters. The minimum atomic E-state index is -4.01. The van der Waals surface area contributed by atoms with Gasteiger partial charge in [0.2, 0.25) is 10.0 Å². The maximum absolute atomic E-state index is 12.6. The van der Waals surface area contributed by atoms with Gasteiger partial charge in [0, 0.05) is 11.6 Å². The zero-order valence-electron chi connectivity index (χ0n) is 17.6. The number of sulfonamides is 2. The summed E-state index contributed by atoms with van der Waals surface area (Å²) in [6.45, 7) is -0.400. The first-order valence-electron chi connectivity index (χ1n) is 9.73. The maximum atomic E-state index is 12.6. The number of esters is 1. The summed E-state index contributed by atoms with van der Waals surface area (Å²) in [6.07, 6.45) is 2.54. The third-order valence-electron chi connectivity index (χ3n) is 4.46. The molecule has 0 aliphatic rings. The summed E-state index contributed by atoms with van der Waals surface area (Å²) in [5.74, 6) is -1.06. The number of ether oxygens (including phenoxy) is 1. The van der Waals surface area contributed by atoms with Crippen molar-refractivity contribution in [1.82, 2.24) is 0 Å². The van der Waals surface area contributed by atoms with Crippen LogP contribution in [0.4, 0.5) is 5.69 Å². The Bertz CT molecular complexity index is 1430. The van der Waals surface area contributed by atoms with E-state index >= 15 is 0 Å². The first-order chi connectivity index (χ1) is 16.0. The second kappa shape index (κ2) is 10.4. The predicted molar refractivity (Wildman–Crippen MR) is 126 cm³/mol. The minimum Gasteiger partial charge on any atom is -0.454 e. The quantitative estimate of drug-likeness (QED) is 0.260. The van der Waals surface area contributed by atoms with E-state index in [0.717, 1.165) is 12.1 Å². The number of Topliss-reactive ketones (excluding diaryl/α,β-unsaturated/α-hetero) is 1. The number of carbonyl (C=O) groups is 2. The van der Waals surface area contributed by atoms with Gasteiger partial charge in [0.05, 0.1) is 15.5 Å². The average Bonchev–Trinajstić information content (AvgIpc) is 2.81. The Morgan fingerprint density at radius 3 is 2.18 bits per heavy atom. The van der Waals surface area contributed by atoms with Crippen molar-refractivity contribution in [2.45, 2.75) is 9.79 Å². The number of nitrogens with two attached hydrogens (primary N) is 1. The Morgan fingerprint density at radius 1 is 0.853 bits per heavy atom. The van der Waals surface area contributed by atoms with E-state index in [1.165, 1.54) is 48.5 Å². The van der Waals surface area contributed by atoms with Gasteiger partial charge in [-0.1, -0.05) is 48.5 Å². The van der Waals surface area contributed by atoms with Crippen LogP contribution in [-0.2, 0) is 29.6 Å². The molecule has 3 N–H and O–H groups in total. The Labute approximate surface area is 197 Å². The number of ketones is 1. The Kier molecular flexibility index (Phi) is 7.61. The van der Waals surface area contributed by atoms with Gasteiger partial charge in [0.1, 0.15) is 0 Å². The molecule has 0 heterocycles. The van der Waals surface area contributed by atoms with Gasteiger partial charge in [0.15, 0.2) is 12.4 Å². The van der Waals surface area contributed by atoms with E-state index in [-0.39, 0.29) is 21.3 Å². The molecule has 0 radical (unpaired) electrons. The molecule has 0 aromatic heterocycles. The molecule has 34 heavy (non-hydrogen) atoms. The molecule has 0 amide bonds. The Hall–Kier alpha value is -3.80. The fraction of sp³-hybridized carbons (Fsp3) is 0.0435. The van der Waals surface area contributed by atoms with Gasteiger partial charge in [0.25, 0.3) is 10.0 Å². The highest BCUT2D eigenvalue weighted by atomic mass is 32.2. The number of nitrogens with one attached hydrogen (secondary N) is 1. The van der Waals surface area contributed by atoms with Gasteiger partial charge in [-0.3, -0.25) is 9.52 Å². The molecule has 0 saturated carbocycles. The van der Waals surface area contributed by atoms with Crippen LogP contribution >= 0.6 is 0 Å². The summed E-state index contributed by atoms with van der Waals surface area (Å²) < 4.78 is 55.3. The van der Waals surface area contributed by atoms with Gasteiger partial charge >= 0.3 is 5.97 Å². The van der Waals surface area contributed by atoms with Crippen molar-refractivity contribution in [3.63, 3.8) is 0 Å². The third kappa shape index (κ3) is 6.85. The first kappa shape index (κ1) is 24.8. The lowest BCUT2D eigenvalue weighted by Gasteiger charge is -2.09. The highest BCUT2D eigenvalue weighted by Gasteiger charge is 2.16. The molecule has 0 aliphatic carbocycles. The van der Waals surface area contributed by atoms with Crippen molar-refractivity contribution in [1.29, 1.82) is 0 Å². The number of primary sulfonamides is 1. The molecule has 0 aliphatic heterocycles. The van der Waals surface area contributed by atoms with E-state index < -0.39 is 32.6 Å². The monoisotopic (exact) mass is 500 g/mol. The molecular weight excluding hydrogens is 480 g/mol. The fourth-order valence-corrected chi connectivity index (χ4v) is 4.37. The Morgan fingerprint density at radius 2 is 1.53 bits per heavy atom. The van der Waals surface area contributed by atoms with Crippen molar-refractivity contribution in [2.75, 3.05) is 11.3 Å². The fourth-order valence-electron chi connectivity index (χ4n) is 2.77. The van der Waals surface area contributed by atoms with E-state index in [1.54, 1.807) is 30.3 Å². The molecule has 3 aromatic carbocycles. The number of carbonyl (C=O) groups excluding carboxylic acids is 2. The molecule has 9 nitrogen and oxygen atoms in total. The average molecular weight is 501 g/mol. The number of rotatable bonds is 9. The molecule has 0 spiro atoms. The molecule has 3 rings (SSSR count). The van der Waals surface area contributed by atoms with Crippen molar-refractivity contribution in [3.8, 4) is 0 Å². The summed E-state index contributed by atoms with van der Waals surface area (Å²) in [5.41, 5.74) is 0.978. The van der Waals surface area contributed by atoms with Gasteiger partial charge in [-0.05, 0) is 42.0 Å². The van der Waals surface area contributed by atoms with Crippen molar-refractivity contribution in [2.24, 2.45) is 5.14 Å². The molecule has 3 aromatic rings. The topological polar surface area (TPSA) is 150 Å². The standard InChI is InChI=1S/C23H20N2O7S2/c24-33(28,29)21-8-4-7-19(15-21)25-34(30,31)20-12-9-17(10-13-20)11-14-23(27)32-16-22(26)18-5-2-1-3-6-18/h1-15,25H,16H2,(H2,24,28,29)/b14-11+. The van der Waals surface area contributed by atoms with Crippen LogP contribution in [0.2, 0.25) is 0 Å². The molecule has 0 fully saturated rings. The zero-order valence-corrected chi connectivity index (χ0v) is 19.3. The number of benzene rings is 3. The lowest BCUT2D eigenvalue weighted by Crippen LogP contribution is -2.15. The SMILES string of the molecule is NS(=O)(=O)c1cccc(NS(=O)(=O)c2ccc(/C=C/C(=O)OCC(=O)c3ccccc3)cc2)c1. The largest absolute Gasteiger partial charge is 0.454 e. The van der Waals surface area contributed by atoms with Crippen LogP contribution < -0.4 is 9.86 Å². The second-order valence-electron chi connectivity index (χ2n) is 6.98. The number of hydrogen-bond acceptors (Lipinski definition) is 7. The van der Waals surface area contributed by atoms with Crippen molar-refractivity contribution < 1.29 is 31.2 Å². The second-order valence-corrected chi connectivity index (χ2v) is 10.2. The number of hydrogen-bond donors (Lipinski definition) is 2. The zero-order chi connectivity index (χ0) is 24.8. The molecule has 0 bridgehead atoms. The van der Waals surface area contributed by atoms with Crippen LogP contribution in [0, 0.1) is 0 Å². The van der Waals surface area contributed by atoms with Crippen molar-refractivity contribution >= 4 is 43.6 Å². The summed E-state index contributed by atoms with van der Waals surface area (Å²) in [7, 11) is -7.99. The van der Waals surface area contributed by atoms with Crippen LogP contribution in [0.15, 0.2) is 94.7 Å². The molecule has 0 atom stereocenters. The highest BCUT2D eigenvalue weighted by molar-refractivity contribution is 7.92. The third-order valence-corrected chi connectivity index (χ3v) is 6.77. The van der Waals surface area contributed by atoms with E-state index in [9.17, 15) is 26.4 Å². The summed E-state index contributed by atoms with van der Waals surface area (Å²) in [4.78, 5) is 23.5. The summed E-state index contributed by atoms with van der Waals surface area (Å²) >= 11 is 0. The maximum Gasteiger partial charge on any atom is 0.331 e. The van der Waals surface area contributed by atoms with E-state index in [2.05, 4.69) is 4.72 Å². The number of anilines is 1. The molecule has 0 saturated heterocycles. The predicted octanol–water partition coefficient (Wildman–Crippen LogP) is 2.57. The smallest absolute Gasteiger partial charge is 0.331 e. The molecular formula is C23H20N2O7S2. The van der Waals surface area contributed by atoms with Crippen molar-refractivity contribution in [3.05, 3.63) is 96.1 Å². The van der Waals surface area contributed by atoms with Gasteiger partial charge < -0.3 is 4.74 Å². The van der Waals surface area contributed by atoms with Crippen LogP contribution in [0.3, 0.4) is 0 Å². The summed E-state index contributed by atoms with van der Waals surface area (Å²) in [6, 6.07) is 19.1. The Balaban J connectivity index is 1.61. The van der Waals surface area contributed by atoms with E-state index in [1.807, 2.05) is 0 Å². The van der Waals surface area contributed by atoms with E-state index in [0.29, 0.717) is 11.1 Å². The molecule has 11 heteroatoms. The van der Waals surface area contributed by atoms with Crippen LogP contribution in [0.25, 0.3) is 6.08 Å². The van der Waals surface area contributed by atoms with Gasteiger partial charge in [-0.25, -0.2) is 26.8 Å². The minimum absolute atomic E-state index is 0.0308. The lowest BCUT2D eigenvalue weighted by molar-refractivity contribution is -0.136. The van der Waals surface area contributed by atoms with Gasteiger partial charge in [-0.2, -0.15) is 0 Å². The van der Waals surface area contributed by atoms with E-state index in [4.69, 9.17) is 9.88 Å². The van der Waals surface area contributed by atoms with Gasteiger partial charge in [-0.15, -0.1) is 0 Å². The summed E-state index contributed by atoms with van der Waals surface area (Å²) in [5, 5.41) is 5.07. The lowest BCUT2D eigenvalue weighted by atomic mass is 10.1. The highest BCUT2D eigenvalue weighted by Crippen LogP contribution is 2.19. The first-order valence-corrected chi connectivity index (χ1v) is 12.8. The van der Waals surface area contributed by atoms with Crippen LogP contribution in [0.1, 0.15) is 15.9 Å².